The van der Waals surface area contributed by atoms with Crippen LogP contribution in [-0.4, -0.2) is 21.6 Å². The van der Waals surface area contributed by atoms with Gasteiger partial charge in [0.05, 0.1) is 5.57 Å². The molecule has 2 aliphatic heterocycles. The van der Waals surface area contributed by atoms with Crippen molar-refractivity contribution in [2.24, 2.45) is 0 Å². The van der Waals surface area contributed by atoms with Crippen LogP contribution >= 0.6 is 15.9 Å². The quantitative estimate of drug-likeness (QED) is 0.431. The van der Waals surface area contributed by atoms with Gasteiger partial charge < -0.3 is 17.6 Å². The maximum Gasteiger partial charge on any atom is 0.737 e. The van der Waals surface area contributed by atoms with Crippen LogP contribution in [0.3, 0.4) is 0 Å². The first-order chi connectivity index (χ1) is 14.1. The van der Waals surface area contributed by atoms with Crippen molar-refractivity contribution in [3.05, 3.63) is 73.4 Å². The molecule has 0 saturated heterocycles. The van der Waals surface area contributed by atoms with Crippen LogP contribution in [0.1, 0.15) is 62.2 Å². The van der Waals surface area contributed by atoms with Crippen LogP contribution < -0.4 is 0 Å². The molecule has 2 aromatic rings. The molecule has 1 aromatic carbocycles. The molecule has 0 bridgehead atoms. The Morgan fingerprint density at radius 3 is 2.27 bits per heavy atom. The third kappa shape index (κ3) is 2.67. The van der Waals surface area contributed by atoms with Crippen molar-refractivity contribution in [2.75, 3.05) is 0 Å². The van der Waals surface area contributed by atoms with E-state index in [4.69, 9.17) is 0 Å². The Hall–Kier alpha value is -2.02. The molecule has 4 rings (SSSR count). The molecule has 2 nitrogen and oxygen atoms in total. The lowest BCUT2D eigenvalue weighted by molar-refractivity contribution is -0.363. The molecule has 3 heterocycles. The number of nitrogens with zero attached hydrogens (tertiary/aromatic N) is 2. The second-order valence-electron chi connectivity index (χ2n) is 8.14. The summed E-state index contributed by atoms with van der Waals surface area (Å²) in [4.78, 5) is 0. The van der Waals surface area contributed by atoms with Gasteiger partial charge in [0.15, 0.2) is 5.70 Å². The summed E-state index contributed by atoms with van der Waals surface area (Å²) in [5, 5.41) is 0. The molecule has 30 heavy (non-hydrogen) atoms. The third-order valence-corrected chi connectivity index (χ3v) is 7.10. The molecule has 0 atom stereocenters. The number of benzene rings is 1. The molecule has 0 spiro atoms. The highest BCUT2D eigenvalue weighted by molar-refractivity contribution is 9.10. The van der Waals surface area contributed by atoms with Gasteiger partial charge in [-0.05, 0) is 74.2 Å². The van der Waals surface area contributed by atoms with Crippen molar-refractivity contribution in [2.45, 2.75) is 54.4 Å². The summed E-state index contributed by atoms with van der Waals surface area (Å²) in [5.41, 5.74) is 6.97. The van der Waals surface area contributed by atoms with E-state index < -0.39 is 12.8 Å². The summed E-state index contributed by atoms with van der Waals surface area (Å²) in [7, 11) is 0. The summed E-state index contributed by atoms with van der Waals surface area (Å²) in [6.07, 6.45) is 1.33. The predicted octanol–water partition coefficient (Wildman–Crippen LogP) is 6.78. The van der Waals surface area contributed by atoms with Gasteiger partial charge in [-0.15, -0.1) is 0 Å². The van der Waals surface area contributed by atoms with Gasteiger partial charge in [-0.1, -0.05) is 29.8 Å². The third-order valence-electron chi connectivity index (χ3n) is 6.65. The first-order valence-electron chi connectivity index (χ1n) is 10.3. The van der Waals surface area contributed by atoms with Crippen molar-refractivity contribution in [3.63, 3.8) is 0 Å². The van der Waals surface area contributed by atoms with E-state index in [1.54, 1.807) is 13.8 Å². The van der Waals surface area contributed by atoms with Crippen molar-refractivity contribution in [1.29, 1.82) is 0 Å². The van der Waals surface area contributed by atoms with Crippen LogP contribution in [-0.2, 0) is 6.42 Å². The van der Waals surface area contributed by atoms with Crippen molar-refractivity contribution >= 4 is 34.2 Å². The fraction of sp³-hybridized carbons (Fsp3) is 0.348. The number of halogens is 4. The minimum absolute atomic E-state index is 0.402. The zero-order valence-electron chi connectivity index (χ0n) is 18.1. The van der Waals surface area contributed by atoms with Gasteiger partial charge >= 0.3 is 6.97 Å². The normalized spacial score (nSPS) is 17.8. The van der Waals surface area contributed by atoms with Crippen molar-refractivity contribution in [3.8, 4) is 0 Å². The summed E-state index contributed by atoms with van der Waals surface area (Å²) in [6, 6.07) is 4.63. The maximum absolute atomic E-state index is 16.1. The Morgan fingerprint density at radius 2 is 1.70 bits per heavy atom. The second-order valence-corrected chi connectivity index (χ2v) is 9.06. The molecule has 1 aromatic heterocycles. The van der Waals surface area contributed by atoms with Crippen LogP contribution in [0.4, 0.5) is 13.0 Å². The van der Waals surface area contributed by atoms with Gasteiger partial charge in [0.2, 0.25) is 0 Å². The highest BCUT2D eigenvalue weighted by Gasteiger charge is 2.56. The number of hydrogen-bond acceptors (Lipinski definition) is 0. The molecular weight excluding hydrogens is 452 g/mol. The number of allylic oxidation sites excluding steroid dienone is 2. The Kier molecular flexibility index (Phi) is 4.96. The van der Waals surface area contributed by atoms with E-state index in [9.17, 15) is 4.39 Å². The first kappa shape index (κ1) is 21.2. The number of rotatable bonds is 3. The second kappa shape index (κ2) is 7.01. The van der Waals surface area contributed by atoms with Crippen molar-refractivity contribution < 1.29 is 17.5 Å². The zero-order chi connectivity index (χ0) is 22.1. The van der Waals surface area contributed by atoms with Gasteiger partial charge in [0, 0.05) is 28.2 Å². The molecular formula is C23H25BBrF3N2. The summed E-state index contributed by atoms with van der Waals surface area (Å²) < 4.78 is 49.6. The molecule has 2 aliphatic rings. The summed E-state index contributed by atoms with van der Waals surface area (Å²) >= 11 is 3.37. The molecule has 0 N–H and O–H groups in total. The largest absolute Gasteiger partial charge is 0.737 e. The van der Waals surface area contributed by atoms with E-state index in [0.717, 1.165) is 22.3 Å². The number of hydrogen-bond donors (Lipinski definition) is 0. The van der Waals surface area contributed by atoms with E-state index in [1.165, 1.54) is 21.1 Å². The van der Waals surface area contributed by atoms with Crippen LogP contribution in [0.25, 0.3) is 5.57 Å². The Balaban J connectivity index is 2.25. The van der Waals surface area contributed by atoms with E-state index >= 15 is 8.63 Å². The van der Waals surface area contributed by atoms with Gasteiger partial charge in [-0.25, -0.2) is 4.39 Å². The average molecular weight is 477 g/mol. The fourth-order valence-electron chi connectivity index (χ4n) is 5.45. The van der Waals surface area contributed by atoms with E-state index in [2.05, 4.69) is 15.9 Å². The molecule has 0 amide bonds. The topological polar surface area (TPSA) is 7.94 Å². The van der Waals surface area contributed by atoms with Gasteiger partial charge in [0.25, 0.3) is 0 Å². The maximum atomic E-state index is 16.1. The predicted molar refractivity (Wildman–Crippen MR) is 121 cm³/mol. The SMILES string of the molecule is CCC1=C(C)C2=C(c3cc(F)cc(Br)c3)c3c(C)c(CC)c(C)n3[B-](F)(F)[N+]2=C1C. The highest BCUT2D eigenvalue weighted by Crippen LogP contribution is 2.47. The summed E-state index contributed by atoms with van der Waals surface area (Å²) in [5.74, 6) is -0.402. The molecule has 0 radical (unpaired) electrons. The lowest BCUT2D eigenvalue weighted by atomic mass is 9.83. The van der Waals surface area contributed by atoms with Gasteiger partial charge in [-0.3, -0.25) is 0 Å². The molecule has 0 fully saturated rings. The standard InChI is InChI=1S/C23H25BBrF3N2/c1-7-19-12(3)22-21(16-9-17(25)11-18(26)10-16)23-13(4)20(8-2)15(6)30(23)24(27,28)29(22)14(19)5/h9-11H,7-8H2,1-6H3. The van der Waals surface area contributed by atoms with E-state index in [1.807, 2.05) is 33.8 Å². The fourth-order valence-corrected chi connectivity index (χ4v) is 5.92. The van der Waals surface area contributed by atoms with E-state index in [0.29, 0.717) is 51.2 Å². The van der Waals surface area contributed by atoms with Crippen LogP contribution in [0.15, 0.2) is 39.5 Å². The van der Waals surface area contributed by atoms with E-state index in [-0.39, 0.29) is 0 Å². The lowest BCUT2D eigenvalue weighted by Crippen LogP contribution is -2.51. The van der Waals surface area contributed by atoms with Crippen LogP contribution in [0.5, 0.6) is 0 Å². The molecule has 158 valence electrons. The Labute approximate surface area is 184 Å². The Bertz CT molecular complexity index is 1180. The molecule has 7 heteroatoms. The molecule has 0 aliphatic carbocycles. The highest BCUT2D eigenvalue weighted by atomic mass is 79.9. The number of fused-ring (bicyclic) bond motifs is 2. The molecule has 0 saturated carbocycles. The van der Waals surface area contributed by atoms with Crippen molar-refractivity contribution in [1.82, 2.24) is 4.48 Å². The summed E-state index contributed by atoms with van der Waals surface area (Å²) in [6.45, 7) is 7.23. The van der Waals surface area contributed by atoms with Gasteiger partial charge in [0.1, 0.15) is 11.5 Å². The first-order valence-corrected chi connectivity index (χ1v) is 11.1. The number of aromatic nitrogens is 1. The minimum atomic E-state index is -4.07. The molecule has 0 unspecified atom stereocenters. The lowest BCUT2D eigenvalue weighted by Gasteiger charge is -2.34. The van der Waals surface area contributed by atoms with Crippen LogP contribution in [0.2, 0.25) is 0 Å². The average Bonchev–Trinajstić information content (AvgIpc) is 3.06. The van der Waals surface area contributed by atoms with Crippen LogP contribution in [0, 0.1) is 19.7 Å². The Morgan fingerprint density at radius 1 is 1.03 bits per heavy atom. The van der Waals surface area contributed by atoms with Gasteiger partial charge in [-0.2, -0.15) is 0 Å². The minimum Gasteiger partial charge on any atom is -0.393 e. The monoisotopic (exact) mass is 476 g/mol. The zero-order valence-corrected chi connectivity index (χ0v) is 19.7. The smallest absolute Gasteiger partial charge is 0.393 e.